The third-order valence-electron chi connectivity index (χ3n) is 2.65. The summed E-state index contributed by atoms with van der Waals surface area (Å²) in [4.78, 5) is 4.31. The molecule has 0 amide bonds. The number of fused-ring (bicyclic) bond motifs is 1. The molecule has 3 aromatic rings. The number of rotatable bonds is 3. The number of halogens is 1. The molecule has 0 unspecified atom stereocenters. The van der Waals surface area contributed by atoms with Gasteiger partial charge in [0.15, 0.2) is 12.2 Å². The van der Waals surface area contributed by atoms with Gasteiger partial charge in [0.05, 0.1) is 5.02 Å². The second kappa shape index (κ2) is 4.82. The molecule has 0 saturated carbocycles. The topological polar surface area (TPSA) is 61.3 Å². The summed E-state index contributed by atoms with van der Waals surface area (Å²) in [5.41, 5.74) is 7.60. The molecule has 0 fully saturated rings. The lowest BCUT2D eigenvalue weighted by molar-refractivity contribution is 0.267. The molecule has 2 aromatic carbocycles. The van der Waals surface area contributed by atoms with Crippen molar-refractivity contribution >= 4 is 28.4 Å². The fourth-order valence-corrected chi connectivity index (χ4v) is 1.94. The van der Waals surface area contributed by atoms with Crippen molar-refractivity contribution in [2.45, 2.75) is 6.61 Å². The minimum atomic E-state index is 0.245. The summed E-state index contributed by atoms with van der Waals surface area (Å²) in [6.07, 6.45) is 0. The summed E-state index contributed by atoms with van der Waals surface area (Å²) in [7, 11) is 0. The minimum absolute atomic E-state index is 0.245. The Bertz CT molecular complexity index is 707. The van der Waals surface area contributed by atoms with Crippen LogP contribution in [0.2, 0.25) is 5.02 Å². The van der Waals surface area contributed by atoms with Gasteiger partial charge < -0.3 is 14.9 Å². The predicted octanol–water partition coefficient (Wildman–Crippen LogP) is 3.64. The number of aromatic nitrogens is 1. The van der Waals surface area contributed by atoms with Crippen LogP contribution in [0.4, 0.5) is 5.69 Å². The molecular formula is C14H11ClN2O2. The number of nitrogens with zero attached hydrogens (tertiary/aromatic N) is 1. The Kier molecular flexibility index (Phi) is 3.01. The summed E-state index contributed by atoms with van der Waals surface area (Å²) >= 11 is 6.02. The highest BCUT2D eigenvalue weighted by atomic mass is 35.5. The number of hydrogen-bond donors (Lipinski definition) is 1. The predicted molar refractivity (Wildman–Crippen MR) is 74.2 cm³/mol. The van der Waals surface area contributed by atoms with Gasteiger partial charge in [-0.05, 0) is 36.4 Å². The molecule has 19 heavy (non-hydrogen) atoms. The van der Waals surface area contributed by atoms with E-state index in [1.165, 1.54) is 0 Å². The van der Waals surface area contributed by atoms with Crippen LogP contribution in [-0.2, 0) is 6.61 Å². The summed E-state index contributed by atoms with van der Waals surface area (Å²) in [6, 6.07) is 12.6. The van der Waals surface area contributed by atoms with E-state index in [0.29, 0.717) is 27.9 Å². The zero-order valence-electron chi connectivity index (χ0n) is 9.97. The van der Waals surface area contributed by atoms with Gasteiger partial charge in [0, 0.05) is 5.69 Å². The average Bonchev–Trinajstić information content (AvgIpc) is 2.83. The van der Waals surface area contributed by atoms with Gasteiger partial charge >= 0.3 is 0 Å². The molecule has 0 saturated heterocycles. The van der Waals surface area contributed by atoms with Crippen LogP contribution < -0.4 is 10.5 Å². The van der Waals surface area contributed by atoms with E-state index >= 15 is 0 Å². The van der Waals surface area contributed by atoms with Crippen LogP contribution >= 0.6 is 11.6 Å². The summed E-state index contributed by atoms with van der Waals surface area (Å²) in [5, 5.41) is 0.545. The van der Waals surface area contributed by atoms with Crippen LogP contribution in [-0.4, -0.2) is 4.98 Å². The van der Waals surface area contributed by atoms with Crippen LogP contribution in [0.5, 0.6) is 5.75 Å². The van der Waals surface area contributed by atoms with E-state index < -0.39 is 0 Å². The Labute approximate surface area is 114 Å². The van der Waals surface area contributed by atoms with Crippen molar-refractivity contribution < 1.29 is 9.15 Å². The number of nitrogens with two attached hydrogens (primary N) is 1. The lowest BCUT2D eigenvalue weighted by Gasteiger charge is -2.03. The molecule has 0 radical (unpaired) electrons. The Morgan fingerprint density at radius 2 is 1.95 bits per heavy atom. The molecule has 0 spiro atoms. The van der Waals surface area contributed by atoms with Gasteiger partial charge in [-0.15, -0.1) is 0 Å². The third-order valence-corrected chi connectivity index (χ3v) is 2.95. The first-order valence-electron chi connectivity index (χ1n) is 5.74. The first-order chi connectivity index (χ1) is 9.22. The van der Waals surface area contributed by atoms with Crippen molar-refractivity contribution in [1.29, 1.82) is 0 Å². The van der Waals surface area contributed by atoms with Gasteiger partial charge in [0.2, 0.25) is 5.89 Å². The molecule has 1 heterocycles. The van der Waals surface area contributed by atoms with E-state index in [2.05, 4.69) is 4.98 Å². The SMILES string of the molecule is Nc1ccc(OCc2nc3cccc(Cl)c3o2)cc1. The quantitative estimate of drug-likeness (QED) is 0.741. The lowest BCUT2D eigenvalue weighted by atomic mass is 10.3. The maximum absolute atomic E-state index is 6.02. The molecule has 96 valence electrons. The first-order valence-corrected chi connectivity index (χ1v) is 6.12. The highest BCUT2D eigenvalue weighted by Gasteiger charge is 2.09. The molecule has 5 heteroatoms. The molecule has 0 bridgehead atoms. The average molecular weight is 275 g/mol. The maximum Gasteiger partial charge on any atom is 0.233 e. The number of nitrogen functional groups attached to an aromatic ring is 1. The van der Waals surface area contributed by atoms with Crippen LogP contribution in [0.15, 0.2) is 46.9 Å². The zero-order chi connectivity index (χ0) is 13.2. The van der Waals surface area contributed by atoms with E-state index in [-0.39, 0.29) is 6.61 Å². The van der Waals surface area contributed by atoms with E-state index in [0.717, 1.165) is 5.52 Å². The highest BCUT2D eigenvalue weighted by molar-refractivity contribution is 6.34. The Hall–Kier alpha value is -2.20. The Balaban J connectivity index is 1.78. The summed E-state index contributed by atoms with van der Waals surface area (Å²) in [5.74, 6) is 1.20. The molecule has 0 aliphatic rings. The zero-order valence-corrected chi connectivity index (χ0v) is 10.7. The number of oxazole rings is 1. The van der Waals surface area contributed by atoms with Crippen molar-refractivity contribution in [2.75, 3.05) is 5.73 Å². The van der Waals surface area contributed by atoms with Crippen LogP contribution in [0.3, 0.4) is 0 Å². The van der Waals surface area contributed by atoms with Crippen molar-refractivity contribution in [3.05, 3.63) is 53.4 Å². The van der Waals surface area contributed by atoms with Gasteiger partial charge in [0.25, 0.3) is 0 Å². The molecular weight excluding hydrogens is 264 g/mol. The van der Waals surface area contributed by atoms with Gasteiger partial charge in [-0.3, -0.25) is 0 Å². The third kappa shape index (κ3) is 2.48. The first kappa shape index (κ1) is 11.9. The van der Waals surface area contributed by atoms with Crippen molar-refractivity contribution in [3.63, 3.8) is 0 Å². The highest BCUT2D eigenvalue weighted by Crippen LogP contribution is 2.24. The molecule has 2 N–H and O–H groups in total. The fourth-order valence-electron chi connectivity index (χ4n) is 1.73. The number of anilines is 1. The Morgan fingerprint density at radius 1 is 1.16 bits per heavy atom. The fraction of sp³-hybridized carbons (Fsp3) is 0.0714. The van der Waals surface area contributed by atoms with E-state index in [1.54, 1.807) is 30.3 Å². The van der Waals surface area contributed by atoms with Crippen molar-refractivity contribution in [3.8, 4) is 5.75 Å². The minimum Gasteiger partial charge on any atom is -0.484 e. The Morgan fingerprint density at radius 3 is 2.68 bits per heavy atom. The van der Waals surface area contributed by atoms with Gasteiger partial charge in [-0.2, -0.15) is 0 Å². The summed E-state index contributed by atoms with van der Waals surface area (Å²) in [6.45, 7) is 0.245. The molecule has 3 rings (SSSR count). The van der Waals surface area contributed by atoms with E-state index in [4.69, 9.17) is 26.5 Å². The largest absolute Gasteiger partial charge is 0.484 e. The second-order valence-corrected chi connectivity index (χ2v) is 4.46. The van der Waals surface area contributed by atoms with Crippen LogP contribution in [0.25, 0.3) is 11.1 Å². The smallest absolute Gasteiger partial charge is 0.233 e. The normalized spacial score (nSPS) is 10.8. The maximum atomic E-state index is 6.02. The number of hydrogen-bond acceptors (Lipinski definition) is 4. The van der Waals surface area contributed by atoms with Crippen LogP contribution in [0.1, 0.15) is 5.89 Å². The van der Waals surface area contributed by atoms with Gasteiger partial charge in [-0.25, -0.2) is 4.98 Å². The summed E-state index contributed by atoms with van der Waals surface area (Å²) < 4.78 is 11.1. The number of para-hydroxylation sites is 1. The second-order valence-electron chi connectivity index (χ2n) is 4.05. The molecule has 1 aromatic heterocycles. The molecule has 0 aliphatic carbocycles. The van der Waals surface area contributed by atoms with Crippen molar-refractivity contribution in [2.24, 2.45) is 0 Å². The van der Waals surface area contributed by atoms with Crippen LogP contribution in [0, 0.1) is 0 Å². The van der Waals surface area contributed by atoms with Gasteiger partial charge in [-0.1, -0.05) is 17.7 Å². The standard InChI is InChI=1S/C14H11ClN2O2/c15-11-2-1-3-12-14(11)19-13(17-12)8-18-10-6-4-9(16)5-7-10/h1-7H,8,16H2. The van der Waals surface area contributed by atoms with Crippen molar-refractivity contribution in [1.82, 2.24) is 4.98 Å². The molecule has 0 atom stereocenters. The van der Waals surface area contributed by atoms with E-state index in [9.17, 15) is 0 Å². The number of benzene rings is 2. The molecule has 0 aliphatic heterocycles. The van der Waals surface area contributed by atoms with E-state index in [1.807, 2.05) is 12.1 Å². The lowest BCUT2D eigenvalue weighted by Crippen LogP contribution is -1.95. The van der Waals surface area contributed by atoms with Gasteiger partial charge in [0.1, 0.15) is 11.3 Å². The molecule has 4 nitrogen and oxygen atoms in total. The monoisotopic (exact) mass is 274 g/mol. The number of ether oxygens (including phenoxy) is 1.